The van der Waals surface area contributed by atoms with Gasteiger partial charge >= 0.3 is 7.60 Å². The molecule has 0 saturated heterocycles. The molecule has 0 spiro atoms. The number of benzene rings is 1. The zero-order valence-corrected chi connectivity index (χ0v) is 11.9. The van der Waals surface area contributed by atoms with Gasteiger partial charge in [-0.1, -0.05) is 30.0 Å². The minimum atomic E-state index is -4.43. The summed E-state index contributed by atoms with van der Waals surface area (Å²) < 4.78 is 11.2. The van der Waals surface area contributed by atoms with Gasteiger partial charge in [0.15, 0.2) is 5.78 Å². The average molecular weight is 280 g/mol. The maximum Gasteiger partial charge on any atom is 0.338 e. The summed E-state index contributed by atoms with van der Waals surface area (Å²) in [6, 6.07) is 9.33. The molecule has 102 valence electrons. The Bertz CT molecular complexity index is 546. The highest BCUT2D eigenvalue weighted by Crippen LogP contribution is 2.50. The van der Waals surface area contributed by atoms with Gasteiger partial charge in [-0.2, -0.15) is 0 Å². The standard InChI is InChI=1S/C14H17O4P/c1-14(2,19(16,17)18)13(15)11-7-6-10-12-8-4-3-5-9-12/h3-5,8-9H,7,11H2,1-2H3,(H2,16,17,18). The second-order valence-corrected chi connectivity index (χ2v) is 6.90. The van der Waals surface area contributed by atoms with Gasteiger partial charge in [0.25, 0.3) is 0 Å². The van der Waals surface area contributed by atoms with E-state index in [0.29, 0.717) is 0 Å². The number of Topliss-reactive ketones (excluding diaryl/α,β-unsaturated/α-hetero) is 1. The highest BCUT2D eigenvalue weighted by molar-refractivity contribution is 7.54. The van der Waals surface area contributed by atoms with E-state index in [0.717, 1.165) is 5.56 Å². The van der Waals surface area contributed by atoms with Crippen molar-refractivity contribution < 1.29 is 19.1 Å². The van der Waals surface area contributed by atoms with E-state index in [-0.39, 0.29) is 12.8 Å². The topological polar surface area (TPSA) is 74.6 Å². The van der Waals surface area contributed by atoms with Crippen molar-refractivity contribution in [2.75, 3.05) is 0 Å². The number of carbonyl (C=O) groups is 1. The second kappa shape index (κ2) is 6.16. The van der Waals surface area contributed by atoms with E-state index < -0.39 is 18.5 Å². The molecule has 1 aromatic rings. The van der Waals surface area contributed by atoms with Crippen molar-refractivity contribution in [3.8, 4) is 11.8 Å². The maximum atomic E-state index is 11.8. The fourth-order valence-corrected chi connectivity index (χ4v) is 1.77. The zero-order chi connectivity index (χ0) is 14.5. The molecule has 2 N–H and O–H groups in total. The van der Waals surface area contributed by atoms with Gasteiger partial charge in [-0.3, -0.25) is 9.36 Å². The third-order valence-corrected chi connectivity index (χ3v) is 4.60. The molecule has 0 saturated carbocycles. The van der Waals surface area contributed by atoms with Gasteiger partial charge < -0.3 is 9.79 Å². The summed E-state index contributed by atoms with van der Waals surface area (Å²) >= 11 is 0. The van der Waals surface area contributed by atoms with Crippen molar-refractivity contribution in [1.29, 1.82) is 0 Å². The molecule has 0 bridgehead atoms. The summed E-state index contributed by atoms with van der Waals surface area (Å²) in [4.78, 5) is 30.0. The van der Waals surface area contributed by atoms with Crippen LogP contribution in [0.15, 0.2) is 30.3 Å². The summed E-state index contributed by atoms with van der Waals surface area (Å²) in [5.41, 5.74) is 0.851. The van der Waals surface area contributed by atoms with E-state index in [1.807, 2.05) is 30.3 Å². The van der Waals surface area contributed by atoms with Crippen LogP contribution in [0.3, 0.4) is 0 Å². The zero-order valence-electron chi connectivity index (χ0n) is 11.0. The average Bonchev–Trinajstić information content (AvgIpc) is 2.34. The molecule has 0 fully saturated rings. The molecular weight excluding hydrogens is 263 g/mol. The van der Waals surface area contributed by atoms with E-state index in [1.165, 1.54) is 13.8 Å². The minimum absolute atomic E-state index is 0.0396. The lowest BCUT2D eigenvalue weighted by atomic mass is 10.0. The van der Waals surface area contributed by atoms with Crippen LogP contribution in [-0.2, 0) is 9.36 Å². The van der Waals surface area contributed by atoms with Crippen LogP contribution in [0, 0.1) is 11.8 Å². The Morgan fingerprint density at radius 2 is 1.84 bits per heavy atom. The van der Waals surface area contributed by atoms with Gasteiger partial charge in [-0.05, 0) is 26.0 Å². The van der Waals surface area contributed by atoms with Crippen molar-refractivity contribution in [2.45, 2.75) is 31.8 Å². The first-order valence-electron chi connectivity index (χ1n) is 5.88. The number of hydrogen-bond donors (Lipinski definition) is 2. The monoisotopic (exact) mass is 280 g/mol. The van der Waals surface area contributed by atoms with E-state index in [4.69, 9.17) is 9.79 Å². The number of rotatable bonds is 4. The minimum Gasteiger partial charge on any atom is -0.324 e. The van der Waals surface area contributed by atoms with Gasteiger partial charge in [0.2, 0.25) is 0 Å². The number of carbonyl (C=O) groups excluding carboxylic acids is 1. The smallest absolute Gasteiger partial charge is 0.324 e. The van der Waals surface area contributed by atoms with Crippen molar-refractivity contribution in [3.05, 3.63) is 35.9 Å². The Labute approximate surface area is 113 Å². The van der Waals surface area contributed by atoms with Gasteiger partial charge in [0.1, 0.15) is 5.16 Å². The number of ketones is 1. The molecule has 0 aliphatic rings. The normalized spacial score (nSPS) is 11.6. The quantitative estimate of drug-likeness (QED) is 0.655. The molecule has 0 radical (unpaired) electrons. The molecule has 0 atom stereocenters. The lowest BCUT2D eigenvalue weighted by Crippen LogP contribution is -2.31. The predicted molar refractivity (Wildman–Crippen MR) is 73.7 cm³/mol. The van der Waals surface area contributed by atoms with Crippen LogP contribution in [-0.4, -0.2) is 20.7 Å². The Kier molecular flexibility index (Phi) is 5.08. The SMILES string of the molecule is CC(C)(C(=O)CCC#Cc1ccccc1)P(=O)(O)O. The van der Waals surface area contributed by atoms with Crippen molar-refractivity contribution in [1.82, 2.24) is 0 Å². The highest BCUT2D eigenvalue weighted by atomic mass is 31.2. The van der Waals surface area contributed by atoms with E-state index in [9.17, 15) is 9.36 Å². The maximum absolute atomic E-state index is 11.8. The summed E-state index contributed by atoms with van der Waals surface area (Å²) in [6.45, 7) is 2.53. The van der Waals surface area contributed by atoms with Crippen LogP contribution in [0.1, 0.15) is 32.3 Å². The largest absolute Gasteiger partial charge is 0.338 e. The molecule has 19 heavy (non-hydrogen) atoms. The Morgan fingerprint density at radius 3 is 2.37 bits per heavy atom. The van der Waals surface area contributed by atoms with Crippen molar-refractivity contribution >= 4 is 13.4 Å². The third kappa shape index (κ3) is 4.33. The summed E-state index contributed by atoms with van der Waals surface area (Å²) in [6.07, 6.45) is 0.328. The van der Waals surface area contributed by atoms with Gasteiger partial charge in [0.05, 0.1) is 0 Å². The van der Waals surface area contributed by atoms with E-state index in [2.05, 4.69) is 11.8 Å². The summed E-state index contributed by atoms with van der Waals surface area (Å²) in [5.74, 6) is 5.26. The summed E-state index contributed by atoms with van der Waals surface area (Å²) in [5, 5.41) is -1.64. The van der Waals surface area contributed by atoms with Gasteiger partial charge in [-0.25, -0.2) is 0 Å². The van der Waals surface area contributed by atoms with E-state index >= 15 is 0 Å². The molecule has 5 heteroatoms. The van der Waals surface area contributed by atoms with Crippen LogP contribution < -0.4 is 0 Å². The van der Waals surface area contributed by atoms with E-state index in [1.54, 1.807) is 0 Å². The first-order valence-corrected chi connectivity index (χ1v) is 7.49. The summed E-state index contributed by atoms with van der Waals surface area (Å²) in [7, 11) is -4.43. The Balaban J connectivity index is 2.58. The second-order valence-electron chi connectivity index (χ2n) is 4.69. The fourth-order valence-electron chi connectivity index (χ4n) is 1.33. The Hall–Kier alpha value is -1.40. The molecule has 1 aromatic carbocycles. The molecule has 1 rings (SSSR count). The molecule has 0 unspecified atom stereocenters. The third-order valence-electron chi connectivity index (χ3n) is 2.89. The molecule has 0 aromatic heterocycles. The molecule has 0 heterocycles. The Morgan fingerprint density at radius 1 is 1.26 bits per heavy atom. The molecule has 0 amide bonds. The van der Waals surface area contributed by atoms with Crippen LogP contribution in [0.5, 0.6) is 0 Å². The predicted octanol–water partition coefficient (Wildman–Crippen LogP) is 2.34. The van der Waals surface area contributed by atoms with Crippen molar-refractivity contribution in [3.63, 3.8) is 0 Å². The fraction of sp³-hybridized carbons (Fsp3) is 0.357. The lowest BCUT2D eigenvalue weighted by molar-refractivity contribution is -0.121. The lowest BCUT2D eigenvalue weighted by Gasteiger charge is -2.23. The highest BCUT2D eigenvalue weighted by Gasteiger charge is 2.43. The van der Waals surface area contributed by atoms with Crippen LogP contribution >= 0.6 is 7.60 Å². The van der Waals surface area contributed by atoms with Gasteiger partial charge in [-0.15, -0.1) is 0 Å². The first-order chi connectivity index (χ1) is 8.75. The molecule has 0 aliphatic carbocycles. The van der Waals surface area contributed by atoms with Crippen LogP contribution in [0.4, 0.5) is 0 Å². The molecular formula is C14H17O4P. The van der Waals surface area contributed by atoms with Crippen molar-refractivity contribution in [2.24, 2.45) is 0 Å². The van der Waals surface area contributed by atoms with Crippen LogP contribution in [0.2, 0.25) is 0 Å². The van der Waals surface area contributed by atoms with Crippen LogP contribution in [0.25, 0.3) is 0 Å². The molecule has 0 aliphatic heterocycles. The first kappa shape index (κ1) is 15.7. The van der Waals surface area contributed by atoms with Gasteiger partial charge in [0, 0.05) is 18.4 Å². The molecule has 4 nitrogen and oxygen atoms in total. The number of hydrogen-bond acceptors (Lipinski definition) is 2.